The molecule has 2 aromatic heterocycles. The van der Waals surface area contributed by atoms with Crippen LogP contribution in [0.4, 0.5) is 0 Å². The molecule has 144 valence electrons. The summed E-state index contributed by atoms with van der Waals surface area (Å²) in [5, 5.41) is 7.65. The Kier molecular flexibility index (Phi) is 5.69. The van der Waals surface area contributed by atoms with Gasteiger partial charge in [0, 0.05) is 36.3 Å². The van der Waals surface area contributed by atoms with Crippen LogP contribution in [-0.4, -0.2) is 26.3 Å². The van der Waals surface area contributed by atoms with E-state index in [1.807, 2.05) is 24.3 Å². The van der Waals surface area contributed by atoms with Gasteiger partial charge in [-0.25, -0.2) is 13.6 Å². The third-order valence-electron chi connectivity index (χ3n) is 4.38. The molecule has 3 rings (SSSR count). The zero-order valence-corrected chi connectivity index (χ0v) is 16.9. The number of nitrogens with zero attached hydrogens (tertiary/aromatic N) is 1. The van der Waals surface area contributed by atoms with Crippen LogP contribution in [0.3, 0.4) is 0 Å². The van der Waals surface area contributed by atoms with Crippen molar-refractivity contribution in [1.29, 1.82) is 0 Å². The summed E-state index contributed by atoms with van der Waals surface area (Å²) in [4.78, 5) is 14.3. The number of carbonyl (C=O) groups excluding carboxylic acids is 1. The number of hydrogen-bond donors (Lipinski definition) is 1. The maximum absolute atomic E-state index is 12.7. The van der Waals surface area contributed by atoms with Crippen LogP contribution >= 0.6 is 11.3 Å². The first-order valence-corrected chi connectivity index (χ1v) is 11.1. The van der Waals surface area contributed by atoms with Gasteiger partial charge in [-0.05, 0) is 18.6 Å². The Morgan fingerprint density at radius 3 is 2.70 bits per heavy atom. The molecule has 1 amide bonds. The molecule has 1 aromatic carbocycles. The fraction of sp³-hybridized carbons (Fsp3) is 0.316. The summed E-state index contributed by atoms with van der Waals surface area (Å²) in [5.41, 5.74) is 2.12. The molecule has 0 aliphatic carbocycles. The Labute approximate surface area is 162 Å². The number of rotatable bonds is 7. The van der Waals surface area contributed by atoms with Gasteiger partial charge in [0.05, 0.1) is 5.56 Å². The number of thiophene rings is 1. The molecule has 0 aliphatic rings. The number of nitrogens with two attached hydrogens (primary N) is 1. The number of sulfonamides is 1. The average molecular weight is 407 g/mol. The van der Waals surface area contributed by atoms with Gasteiger partial charge in [0.2, 0.25) is 10.0 Å². The van der Waals surface area contributed by atoms with Crippen LogP contribution in [0.5, 0.6) is 0 Å². The van der Waals surface area contributed by atoms with Gasteiger partial charge in [-0.2, -0.15) is 0 Å². The Morgan fingerprint density at radius 2 is 2.04 bits per heavy atom. The van der Waals surface area contributed by atoms with Crippen molar-refractivity contribution in [2.24, 2.45) is 5.14 Å². The summed E-state index contributed by atoms with van der Waals surface area (Å²) < 4.78 is 28.9. The second-order valence-electron chi connectivity index (χ2n) is 6.46. The third kappa shape index (κ3) is 4.23. The summed E-state index contributed by atoms with van der Waals surface area (Å²) in [6.45, 7) is 2.51. The molecule has 0 atom stereocenters. The minimum Gasteiger partial charge on any atom is -0.461 e. The Hall–Kier alpha value is -2.16. The summed E-state index contributed by atoms with van der Waals surface area (Å²) in [6.07, 6.45) is 2.87. The highest BCUT2D eigenvalue weighted by atomic mass is 32.2. The minimum atomic E-state index is -3.80. The largest absolute Gasteiger partial charge is 0.461 e. The van der Waals surface area contributed by atoms with Gasteiger partial charge in [-0.15, -0.1) is 11.3 Å². The first-order chi connectivity index (χ1) is 12.8. The molecule has 0 spiro atoms. The van der Waals surface area contributed by atoms with Gasteiger partial charge in [0.15, 0.2) is 0 Å². The van der Waals surface area contributed by atoms with E-state index in [9.17, 15) is 13.2 Å². The molecule has 0 fully saturated rings. The Bertz CT molecular complexity index is 1070. The fourth-order valence-electron chi connectivity index (χ4n) is 2.97. The Balaban J connectivity index is 1.87. The average Bonchev–Trinajstić information content (AvgIpc) is 3.25. The molecule has 0 unspecified atom stereocenters. The van der Waals surface area contributed by atoms with E-state index in [0.717, 1.165) is 52.9 Å². The molecule has 27 heavy (non-hydrogen) atoms. The Morgan fingerprint density at radius 1 is 1.30 bits per heavy atom. The quantitative estimate of drug-likeness (QED) is 0.646. The van der Waals surface area contributed by atoms with Crippen molar-refractivity contribution >= 4 is 38.2 Å². The standard InChI is InChI=1S/C19H22N2O4S2/c1-3-4-8-17-15(14-7-5-6-9-16(14)25-17)11-21(2)19(22)13-10-18(26-12-13)27(20,23)24/h5-7,9-10,12H,3-4,8,11H2,1-2H3,(H2,20,23,24). The van der Waals surface area contributed by atoms with Crippen LogP contribution in [0.2, 0.25) is 0 Å². The molecule has 0 aliphatic heterocycles. The first-order valence-electron chi connectivity index (χ1n) is 8.67. The topological polar surface area (TPSA) is 93.6 Å². The zero-order chi connectivity index (χ0) is 19.6. The second kappa shape index (κ2) is 7.84. The monoisotopic (exact) mass is 406 g/mol. The van der Waals surface area contributed by atoms with E-state index in [1.165, 1.54) is 11.4 Å². The highest BCUT2D eigenvalue weighted by molar-refractivity contribution is 7.91. The number of hydrogen-bond acceptors (Lipinski definition) is 5. The van der Waals surface area contributed by atoms with Gasteiger partial charge >= 0.3 is 0 Å². The summed E-state index contributed by atoms with van der Waals surface area (Å²) >= 11 is 0.948. The van der Waals surface area contributed by atoms with Crippen LogP contribution in [0.1, 0.15) is 41.4 Å². The van der Waals surface area contributed by atoms with Crippen molar-refractivity contribution in [3.8, 4) is 0 Å². The maximum Gasteiger partial charge on any atom is 0.254 e. The van der Waals surface area contributed by atoms with Crippen LogP contribution < -0.4 is 5.14 Å². The molecule has 2 N–H and O–H groups in total. The lowest BCUT2D eigenvalue weighted by atomic mass is 10.1. The lowest BCUT2D eigenvalue weighted by Crippen LogP contribution is -2.26. The highest BCUT2D eigenvalue weighted by Gasteiger charge is 2.21. The van der Waals surface area contributed by atoms with Crippen molar-refractivity contribution < 1.29 is 17.6 Å². The van der Waals surface area contributed by atoms with Gasteiger partial charge in [-0.1, -0.05) is 31.5 Å². The molecule has 2 heterocycles. The highest BCUT2D eigenvalue weighted by Crippen LogP contribution is 2.29. The lowest BCUT2D eigenvalue weighted by molar-refractivity contribution is 0.0785. The van der Waals surface area contributed by atoms with Gasteiger partial charge in [0.25, 0.3) is 5.91 Å². The predicted molar refractivity (Wildman–Crippen MR) is 106 cm³/mol. The number of furan rings is 1. The molecule has 0 bridgehead atoms. The number of amides is 1. The molecule has 0 radical (unpaired) electrons. The molecule has 0 saturated heterocycles. The van der Waals surface area contributed by atoms with Crippen LogP contribution in [0.25, 0.3) is 11.0 Å². The number of fused-ring (bicyclic) bond motifs is 1. The SMILES string of the molecule is CCCCc1oc2ccccc2c1CN(C)C(=O)c1csc(S(N)(=O)=O)c1. The number of para-hydroxylation sites is 1. The van der Waals surface area contributed by atoms with Gasteiger partial charge in [0.1, 0.15) is 15.6 Å². The van der Waals surface area contributed by atoms with E-state index in [1.54, 1.807) is 11.9 Å². The number of benzene rings is 1. The molecule has 6 nitrogen and oxygen atoms in total. The first kappa shape index (κ1) is 19.6. The summed E-state index contributed by atoms with van der Waals surface area (Å²) in [6, 6.07) is 9.11. The number of aryl methyl sites for hydroxylation is 1. The molecular weight excluding hydrogens is 384 g/mol. The number of carbonyl (C=O) groups is 1. The van der Waals surface area contributed by atoms with E-state index < -0.39 is 10.0 Å². The third-order valence-corrected chi connectivity index (χ3v) is 6.77. The normalized spacial score (nSPS) is 11.8. The van der Waals surface area contributed by atoms with E-state index >= 15 is 0 Å². The van der Waals surface area contributed by atoms with E-state index in [2.05, 4.69) is 6.92 Å². The lowest BCUT2D eigenvalue weighted by Gasteiger charge is -2.17. The van der Waals surface area contributed by atoms with Crippen molar-refractivity contribution in [3.63, 3.8) is 0 Å². The van der Waals surface area contributed by atoms with Crippen LogP contribution in [0, 0.1) is 0 Å². The predicted octanol–water partition coefficient (Wildman–Crippen LogP) is 3.76. The fourth-order valence-corrected chi connectivity index (χ4v) is 4.55. The minimum absolute atomic E-state index is 0.0170. The van der Waals surface area contributed by atoms with E-state index in [4.69, 9.17) is 9.56 Å². The van der Waals surface area contributed by atoms with E-state index in [-0.39, 0.29) is 10.1 Å². The molecular formula is C19H22N2O4S2. The van der Waals surface area contributed by atoms with Crippen molar-refractivity contribution in [1.82, 2.24) is 4.90 Å². The summed E-state index contributed by atoms with van der Waals surface area (Å²) in [7, 11) is -2.11. The maximum atomic E-state index is 12.7. The van der Waals surface area contributed by atoms with Crippen LogP contribution in [-0.2, 0) is 23.0 Å². The molecule has 8 heteroatoms. The smallest absolute Gasteiger partial charge is 0.254 e. The summed E-state index contributed by atoms with van der Waals surface area (Å²) in [5.74, 6) is 0.640. The number of unbranched alkanes of at least 4 members (excludes halogenated alkanes) is 1. The van der Waals surface area contributed by atoms with E-state index in [0.29, 0.717) is 12.1 Å². The zero-order valence-electron chi connectivity index (χ0n) is 15.3. The van der Waals surface area contributed by atoms with Crippen molar-refractivity contribution in [3.05, 3.63) is 52.6 Å². The molecule has 0 saturated carbocycles. The second-order valence-corrected chi connectivity index (χ2v) is 9.16. The molecule has 3 aromatic rings. The van der Waals surface area contributed by atoms with Crippen LogP contribution in [0.15, 0.2) is 44.3 Å². The van der Waals surface area contributed by atoms with Gasteiger partial charge < -0.3 is 9.32 Å². The van der Waals surface area contributed by atoms with Gasteiger partial charge in [-0.3, -0.25) is 4.79 Å². The number of primary sulfonamides is 1. The van der Waals surface area contributed by atoms with Crippen molar-refractivity contribution in [2.75, 3.05) is 7.05 Å². The van der Waals surface area contributed by atoms with Crippen molar-refractivity contribution in [2.45, 2.75) is 36.9 Å².